The summed E-state index contributed by atoms with van der Waals surface area (Å²) in [6, 6.07) is 19.5. The zero-order valence-electron chi connectivity index (χ0n) is 14.9. The van der Waals surface area contributed by atoms with Crippen LogP contribution in [0.4, 0.5) is 21.9 Å². The molecule has 0 aromatic heterocycles. The maximum Gasteiger partial charge on any atom is 0.345 e. The van der Waals surface area contributed by atoms with Gasteiger partial charge in [-0.1, -0.05) is 36.0 Å². The van der Waals surface area contributed by atoms with Crippen molar-refractivity contribution in [1.82, 2.24) is 10.9 Å². The van der Waals surface area contributed by atoms with E-state index in [-0.39, 0.29) is 11.3 Å². The molecule has 8 nitrogen and oxygen atoms in total. The van der Waals surface area contributed by atoms with E-state index in [9.17, 15) is 19.7 Å². The topological polar surface area (TPSA) is 105 Å². The summed E-state index contributed by atoms with van der Waals surface area (Å²) in [5.74, 6) is -0.582. The number of nitrogens with one attached hydrogen (secondary N) is 2. The third-order valence-corrected chi connectivity index (χ3v) is 5.39. The normalized spacial score (nSPS) is 11.8. The molecule has 0 fully saturated rings. The van der Waals surface area contributed by atoms with E-state index in [0.717, 1.165) is 9.79 Å². The first-order chi connectivity index (χ1) is 14.0. The molecule has 0 saturated carbocycles. The summed E-state index contributed by atoms with van der Waals surface area (Å²) in [5, 5.41) is 10.7. The molecule has 3 aromatic carbocycles. The Bertz CT molecular complexity index is 1070. The van der Waals surface area contributed by atoms with Gasteiger partial charge < -0.3 is 0 Å². The van der Waals surface area contributed by atoms with Crippen LogP contribution in [0.2, 0.25) is 0 Å². The molecule has 0 atom stereocenters. The number of carbonyl (C=O) groups excluding carboxylic acids is 2. The number of para-hydroxylation sites is 2. The highest BCUT2D eigenvalue weighted by Gasteiger charge is 2.28. The minimum Gasteiger partial charge on any atom is -0.267 e. The summed E-state index contributed by atoms with van der Waals surface area (Å²) < 4.78 is 0. The first kappa shape index (κ1) is 18.5. The van der Waals surface area contributed by atoms with Crippen LogP contribution in [0, 0.1) is 10.1 Å². The summed E-state index contributed by atoms with van der Waals surface area (Å²) in [7, 11) is 0. The van der Waals surface area contributed by atoms with Crippen LogP contribution < -0.4 is 15.8 Å². The molecule has 29 heavy (non-hydrogen) atoms. The molecule has 0 spiro atoms. The number of anilines is 2. The van der Waals surface area contributed by atoms with E-state index >= 15 is 0 Å². The average Bonchev–Trinajstić information content (AvgIpc) is 2.75. The third-order valence-electron chi connectivity index (χ3n) is 4.26. The van der Waals surface area contributed by atoms with Crippen molar-refractivity contribution in [3.05, 3.63) is 88.5 Å². The van der Waals surface area contributed by atoms with Crippen LogP contribution in [0.15, 0.2) is 82.6 Å². The molecule has 144 valence electrons. The fourth-order valence-corrected chi connectivity index (χ4v) is 3.95. The number of benzene rings is 3. The van der Waals surface area contributed by atoms with E-state index in [4.69, 9.17) is 0 Å². The second-order valence-corrected chi connectivity index (χ2v) is 7.14. The third kappa shape index (κ3) is 3.63. The summed E-state index contributed by atoms with van der Waals surface area (Å²) in [6.45, 7) is 0. The lowest BCUT2D eigenvalue weighted by atomic mass is 10.2. The Kier molecular flexibility index (Phi) is 4.88. The summed E-state index contributed by atoms with van der Waals surface area (Å²) >= 11 is 1.56. The zero-order valence-corrected chi connectivity index (χ0v) is 15.7. The van der Waals surface area contributed by atoms with Gasteiger partial charge in [-0.15, -0.1) is 0 Å². The predicted octanol–water partition coefficient (Wildman–Crippen LogP) is 4.25. The molecule has 9 heteroatoms. The first-order valence-electron chi connectivity index (χ1n) is 8.55. The molecule has 1 aliphatic rings. The lowest BCUT2D eigenvalue weighted by Gasteiger charge is -2.30. The second-order valence-electron chi connectivity index (χ2n) is 6.06. The monoisotopic (exact) mass is 406 g/mol. The van der Waals surface area contributed by atoms with Crippen LogP contribution in [-0.4, -0.2) is 16.9 Å². The van der Waals surface area contributed by atoms with Crippen LogP contribution in [0.3, 0.4) is 0 Å². The van der Waals surface area contributed by atoms with Crippen molar-refractivity contribution in [3.63, 3.8) is 0 Å². The Labute approximate surface area is 169 Å². The Morgan fingerprint density at radius 1 is 0.828 bits per heavy atom. The van der Waals surface area contributed by atoms with Crippen LogP contribution in [0.25, 0.3) is 0 Å². The molecular weight excluding hydrogens is 392 g/mol. The number of nitro benzene ring substituents is 1. The Morgan fingerprint density at radius 2 is 1.38 bits per heavy atom. The highest BCUT2D eigenvalue weighted by molar-refractivity contribution is 7.99. The van der Waals surface area contributed by atoms with Gasteiger partial charge in [0.05, 0.1) is 16.3 Å². The van der Waals surface area contributed by atoms with Gasteiger partial charge in [-0.3, -0.25) is 25.2 Å². The van der Waals surface area contributed by atoms with E-state index in [0.29, 0.717) is 11.4 Å². The fourth-order valence-electron chi connectivity index (χ4n) is 2.90. The molecule has 1 heterocycles. The van der Waals surface area contributed by atoms with Crippen molar-refractivity contribution >= 4 is 40.8 Å². The van der Waals surface area contributed by atoms with Gasteiger partial charge in [0.1, 0.15) is 0 Å². The second kappa shape index (κ2) is 7.64. The molecular formula is C20H14N4O4S. The molecule has 3 amide bonds. The number of hydrazine groups is 1. The number of nitrogens with zero attached hydrogens (tertiary/aromatic N) is 2. The number of hydrogen-bond acceptors (Lipinski definition) is 5. The molecule has 2 N–H and O–H groups in total. The molecule has 0 aliphatic carbocycles. The smallest absolute Gasteiger partial charge is 0.267 e. The van der Waals surface area contributed by atoms with Crippen LogP contribution in [0.1, 0.15) is 10.4 Å². The van der Waals surface area contributed by atoms with Crippen LogP contribution in [-0.2, 0) is 0 Å². The maximum atomic E-state index is 12.9. The van der Waals surface area contributed by atoms with Gasteiger partial charge in [0.2, 0.25) is 0 Å². The summed E-state index contributed by atoms with van der Waals surface area (Å²) in [4.78, 5) is 38.7. The van der Waals surface area contributed by atoms with E-state index in [1.54, 1.807) is 11.8 Å². The number of urea groups is 1. The average molecular weight is 406 g/mol. The quantitative estimate of drug-likeness (QED) is 0.489. The lowest BCUT2D eigenvalue weighted by Crippen LogP contribution is -2.48. The van der Waals surface area contributed by atoms with Crippen LogP contribution >= 0.6 is 11.8 Å². The van der Waals surface area contributed by atoms with Crippen molar-refractivity contribution < 1.29 is 14.5 Å². The molecule has 0 unspecified atom stereocenters. The van der Waals surface area contributed by atoms with Gasteiger partial charge in [0.25, 0.3) is 11.6 Å². The van der Waals surface area contributed by atoms with E-state index in [2.05, 4.69) is 10.9 Å². The van der Waals surface area contributed by atoms with Gasteiger partial charge in [-0.05, 0) is 36.4 Å². The molecule has 3 aromatic rings. The van der Waals surface area contributed by atoms with Gasteiger partial charge in [-0.2, -0.15) is 0 Å². The lowest BCUT2D eigenvalue weighted by molar-refractivity contribution is -0.384. The van der Waals surface area contributed by atoms with Gasteiger partial charge >= 0.3 is 6.03 Å². The van der Waals surface area contributed by atoms with Crippen molar-refractivity contribution in [3.8, 4) is 0 Å². The Balaban J connectivity index is 1.53. The van der Waals surface area contributed by atoms with Crippen molar-refractivity contribution in [2.24, 2.45) is 0 Å². The number of carbonyl (C=O) groups is 2. The standard InChI is InChI=1S/C20H14N4O4S/c25-19(13-9-11-14(12-10-13)24(27)28)21-22-20(26)23-15-5-1-3-7-17(15)29-18-8-4-2-6-16(18)23/h1-12H,(H,21,25)(H,22,26). The zero-order chi connectivity index (χ0) is 20.4. The van der Waals surface area contributed by atoms with Crippen molar-refractivity contribution in [1.29, 1.82) is 0 Å². The number of nitro groups is 1. The Hall–Kier alpha value is -3.85. The molecule has 4 rings (SSSR count). The van der Waals surface area contributed by atoms with Gasteiger partial charge in [-0.25, -0.2) is 10.2 Å². The van der Waals surface area contributed by atoms with E-state index in [1.807, 2.05) is 48.5 Å². The molecule has 0 bridgehead atoms. The number of amides is 3. The fraction of sp³-hybridized carbons (Fsp3) is 0. The molecule has 1 aliphatic heterocycles. The Morgan fingerprint density at radius 3 is 1.93 bits per heavy atom. The summed E-state index contributed by atoms with van der Waals surface area (Å²) in [6.07, 6.45) is 0. The highest BCUT2D eigenvalue weighted by atomic mass is 32.2. The number of fused-ring (bicyclic) bond motifs is 2. The summed E-state index contributed by atoms with van der Waals surface area (Å²) in [5.41, 5.74) is 6.24. The minimum atomic E-state index is -0.582. The van der Waals surface area contributed by atoms with Crippen molar-refractivity contribution in [2.45, 2.75) is 9.79 Å². The van der Waals surface area contributed by atoms with Crippen LogP contribution in [0.5, 0.6) is 0 Å². The van der Waals surface area contributed by atoms with Gasteiger partial charge in [0, 0.05) is 27.5 Å². The first-order valence-corrected chi connectivity index (χ1v) is 9.37. The minimum absolute atomic E-state index is 0.121. The number of non-ortho nitro benzene ring substituents is 1. The molecule has 0 radical (unpaired) electrons. The number of rotatable bonds is 2. The van der Waals surface area contributed by atoms with Crippen molar-refractivity contribution in [2.75, 3.05) is 4.90 Å². The largest absolute Gasteiger partial charge is 0.345 e. The molecule has 0 saturated heterocycles. The maximum absolute atomic E-state index is 12.9. The van der Waals surface area contributed by atoms with E-state index < -0.39 is 16.9 Å². The van der Waals surface area contributed by atoms with E-state index in [1.165, 1.54) is 29.2 Å². The predicted molar refractivity (Wildman–Crippen MR) is 108 cm³/mol. The SMILES string of the molecule is O=C(NNC(=O)N1c2ccccc2Sc2ccccc21)c1ccc([N+](=O)[O-])cc1. The highest BCUT2D eigenvalue weighted by Crippen LogP contribution is 2.47. The number of hydrogen-bond donors (Lipinski definition) is 2. The van der Waals surface area contributed by atoms with Gasteiger partial charge in [0.15, 0.2) is 0 Å².